The summed E-state index contributed by atoms with van der Waals surface area (Å²) in [7, 11) is 0. The Morgan fingerprint density at radius 1 is 1.00 bits per heavy atom. The highest BCUT2D eigenvalue weighted by atomic mass is 79.9. The molecule has 0 radical (unpaired) electrons. The maximum Gasteiger partial charge on any atom is -0.0154 e. The summed E-state index contributed by atoms with van der Waals surface area (Å²) in [6.07, 6.45) is 2.45. The van der Waals surface area contributed by atoms with E-state index < -0.39 is 0 Å². The molecule has 0 amide bonds. The van der Waals surface area contributed by atoms with Crippen molar-refractivity contribution in [2.24, 2.45) is 0 Å². The van der Waals surface area contributed by atoms with E-state index >= 15 is 0 Å². The Balaban J connectivity index is 2.64. The highest BCUT2D eigenvalue weighted by Crippen LogP contribution is 2.33. The van der Waals surface area contributed by atoms with Gasteiger partial charge in [0.05, 0.1) is 0 Å². The molecular weight excluding hydrogens is 232 g/mol. The van der Waals surface area contributed by atoms with Gasteiger partial charge in [-0.25, -0.2) is 0 Å². The van der Waals surface area contributed by atoms with Crippen LogP contribution in [-0.4, -0.2) is 0 Å². The van der Waals surface area contributed by atoms with Crippen molar-refractivity contribution in [2.75, 3.05) is 0 Å². The van der Waals surface area contributed by atoms with E-state index in [1.807, 2.05) is 9.97 Å². The predicted octanol–water partition coefficient (Wildman–Crippen LogP) is 3.34. The molecule has 1 aliphatic carbocycles. The highest BCUT2D eigenvalue weighted by Gasteiger charge is 2.13. The first kappa shape index (κ1) is 6.56. The van der Waals surface area contributed by atoms with Crippen LogP contribution in [0.2, 0.25) is 0 Å². The minimum absolute atomic E-state index is 1.22. The summed E-state index contributed by atoms with van der Waals surface area (Å²) < 4.78 is 0. The van der Waals surface area contributed by atoms with Crippen molar-refractivity contribution in [3.63, 3.8) is 0 Å². The third-order valence-corrected chi connectivity index (χ3v) is 2.44. The average Bonchev–Trinajstić information content (AvgIpc) is 1.66. The van der Waals surface area contributed by atoms with Gasteiger partial charge in [0, 0.05) is 0 Å². The maximum atomic E-state index is 3.28. The summed E-state index contributed by atoms with van der Waals surface area (Å²) in [5.74, 6) is 0. The fourth-order valence-corrected chi connectivity index (χ4v) is 1.71. The van der Waals surface area contributed by atoms with E-state index in [9.17, 15) is 0 Å². The van der Waals surface area contributed by atoms with Crippen LogP contribution in [0.1, 0.15) is 12.8 Å². The minimum atomic E-state index is 1.22. The SMILES string of the molecule is Br/C=C1/CC/C1=C/Br. The van der Waals surface area contributed by atoms with Crippen LogP contribution in [-0.2, 0) is 0 Å². The summed E-state index contributed by atoms with van der Waals surface area (Å²) >= 11 is 6.57. The highest BCUT2D eigenvalue weighted by molar-refractivity contribution is 9.11. The van der Waals surface area contributed by atoms with Gasteiger partial charge in [0.25, 0.3) is 0 Å². The molecule has 0 bridgehead atoms. The van der Waals surface area contributed by atoms with Gasteiger partial charge < -0.3 is 0 Å². The predicted molar refractivity (Wildman–Crippen MR) is 43.3 cm³/mol. The lowest BCUT2D eigenvalue weighted by Crippen LogP contribution is -2.00. The van der Waals surface area contributed by atoms with Crippen LogP contribution in [0.4, 0.5) is 0 Å². The second kappa shape index (κ2) is 2.83. The molecule has 0 N–H and O–H groups in total. The smallest absolute Gasteiger partial charge is 0.0154 e. The second-order valence-electron chi connectivity index (χ2n) is 1.77. The molecule has 0 aliphatic heterocycles. The lowest BCUT2D eigenvalue weighted by molar-refractivity contribution is 0.832. The van der Waals surface area contributed by atoms with Crippen LogP contribution < -0.4 is 0 Å². The Bertz CT molecular complexity index is 127. The summed E-state index contributed by atoms with van der Waals surface area (Å²) in [4.78, 5) is 3.98. The number of hydrogen-bond acceptors (Lipinski definition) is 0. The summed E-state index contributed by atoms with van der Waals surface area (Å²) in [5, 5.41) is 0. The monoisotopic (exact) mass is 236 g/mol. The van der Waals surface area contributed by atoms with E-state index in [0.717, 1.165) is 0 Å². The summed E-state index contributed by atoms with van der Waals surface area (Å²) in [5.41, 5.74) is 2.84. The van der Waals surface area contributed by atoms with Crippen LogP contribution >= 0.6 is 31.9 Å². The lowest BCUT2D eigenvalue weighted by Gasteiger charge is -2.19. The molecule has 44 valence electrons. The van der Waals surface area contributed by atoms with Crippen LogP contribution in [0.5, 0.6) is 0 Å². The van der Waals surface area contributed by atoms with Gasteiger partial charge in [-0.15, -0.1) is 0 Å². The first-order chi connectivity index (χ1) is 3.88. The molecule has 0 spiro atoms. The second-order valence-corrected chi connectivity index (χ2v) is 2.68. The van der Waals surface area contributed by atoms with Gasteiger partial charge in [-0.1, -0.05) is 31.9 Å². The molecule has 0 heterocycles. The van der Waals surface area contributed by atoms with E-state index in [1.54, 1.807) is 0 Å². The standard InChI is InChI=1S/C6H6Br2/c7-3-5-1-2-6(5)4-8/h3-4H,1-2H2/b5-3-,6-4-. The van der Waals surface area contributed by atoms with E-state index in [0.29, 0.717) is 0 Å². The normalized spacial score (nSPS) is 28.8. The third-order valence-electron chi connectivity index (χ3n) is 1.34. The lowest BCUT2D eigenvalue weighted by atomic mass is 9.89. The maximum absolute atomic E-state index is 3.28. The van der Waals surface area contributed by atoms with Crippen molar-refractivity contribution in [2.45, 2.75) is 12.8 Å². The van der Waals surface area contributed by atoms with E-state index in [2.05, 4.69) is 31.9 Å². The molecule has 1 fully saturated rings. The van der Waals surface area contributed by atoms with E-state index in [1.165, 1.54) is 24.0 Å². The Kier molecular flexibility index (Phi) is 2.32. The molecule has 0 aromatic carbocycles. The molecule has 1 aliphatic rings. The average molecular weight is 238 g/mol. The Hall–Kier alpha value is 0.440. The van der Waals surface area contributed by atoms with Crippen LogP contribution in [0, 0.1) is 0 Å². The summed E-state index contributed by atoms with van der Waals surface area (Å²) in [6, 6.07) is 0. The van der Waals surface area contributed by atoms with E-state index in [4.69, 9.17) is 0 Å². The van der Waals surface area contributed by atoms with Crippen molar-refractivity contribution < 1.29 is 0 Å². The molecular formula is C6H6Br2. The Morgan fingerprint density at radius 2 is 1.38 bits per heavy atom. The van der Waals surface area contributed by atoms with Crippen LogP contribution in [0.25, 0.3) is 0 Å². The quantitative estimate of drug-likeness (QED) is 0.607. The Morgan fingerprint density at radius 3 is 1.50 bits per heavy atom. The molecule has 1 saturated carbocycles. The first-order valence-corrected chi connectivity index (χ1v) is 4.30. The summed E-state index contributed by atoms with van der Waals surface area (Å²) in [6.45, 7) is 0. The van der Waals surface area contributed by atoms with Crippen LogP contribution in [0.15, 0.2) is 21.1 Å². The van der Waals surface area contributed by atoms with Crippen molar-refractivity contribution in [1.29, 1.82) is 0 Å². The van der Waals surface area contributed by atoms with Crippen molar-refractivity contribution in [3.8, 4) is 0 Å². The molecule has 2 heteroatoms. The van der Waals surface area contributed by atoms with Crippen molar-refractivity contribution in [1.82, 2.24) is 0 Å². The van der Waals surface area contributed by atoms with Gasteiger partial charge in [-0.05, 0) is 34.0 Å². The molecule has 0 unspecified atom stereocenters. The van der Waals surface area contributed by atoms with Gasteiger partial charge in [-0.3, -0.25) is 0 Å². The molecule has 0 nitrogen and oxygen atoms in total. The Labute approximate surface area is 65.9 Å². The first-order valence-electron chi connectivity index (χ1n) is 2.47. The van der Waals surface area contributed by atoms with Gasteiger partial charge in [0.2, 0.25) is 0 Å². The molecule has 0 atom stereocenters. The van der Waals surface area contributed by atoms with Crippen molar-refractivity contribution in [3.05, 3.63) is 21.1 Å². The van der Waals surface area contributed by atoms with Crippen molar-refractivity contribution >= 4 is 31.9 Å². The third kappa shape index (κ3) is 1.06. The van der Waals surface area contributed by atoms with Gasteiger partial charge in [-0.2, -0.15) is 0 Å². The topological polar surface area (TPSA) is 0 Å². The zero-order valence-corrected chi connectivity index (χ0v) is 7.50. The number of allylic oxidation sites excluding steroid dienone is 2. The van der Waals surface area contributed by atoms with Gasteiger partial charge in [0.1, 0.15) is 0 Å². The number of rotatable bonds is 0. The van der Waals surface area contributed by atoms with Crippen LogP contribution in [0.3, 0.4) is 0 Å². The largest absolute Gasteiger partial charge is 0.0592 e. The van der Waals surface area contributed by atoms with Gasteiger partial charge in [0.15, 0.2) is 0 Å². The molecule has 0 saturated heterocycles. The number of halogens is 2. The molecule has 0 aromatic heterocycles. The number of hydrogen-bond donors (Lipinski definition) is 0. The zero-order valence-electron chi connectivity index (χ0n) is 4.32. The zero-order chi connectivity index (χ0) is 5.98. The van der Waals surface area contributed by atoms with Gasteiger partial charge >= 0.3 is 0 Å². The fraction of sp³-hybridized carbons (Fsp3) is 0.333. The fourth-order valence-electron chi connectivity index (χ4n) is 0.663. The minimum Gasteiger partial charge on any atom is -0.0592 e. The van der Waals surface area contributed by atoms with E-state index in [-0.39, 0.29) is 0 Å². The molecule has 1 rings (SSSR count). The molecule has 8 heavy (non-hydrogen) atoms. The molecule has 0 aromatic rings.